The van der Waals surface area contributed by atoms with E-state index in [2.05, 4.69) is 15.2 Å². The van der Waals surface area contributed by atoms with E-state index in [0.29, 0.717) is 5.56 Å². The number of alkyl halides is 3. The number of halogens is 3. The zero-order valence-corrected chi connectivity index (χ0v) is 12.7. The first-order chi connectivity index (χ1) is 10.8. The van der Waals surface area contributed by atoms with E-state index in [1.165, 1.54) is 0 Å². The largest absolute Gasteiger partial charge is 0.406 e. The van der Waals surface area contributed by atoms with Gasteiger partial charge in [0.1, 0.15) is 6.54 Å². The molecule has 0 atom stereocenters. The van der Waals surface area contributed by atoms with Gasteiger partial charge in [-0.1, -0.05) is 42.1 Å². The van der Waals surface area contributed by atoms with Gasteiger partial charge in [-0.2, -0.15) is 18.2 Å². The third-order valence-corrected chi connectivity index (χ3v) is 3.58. The van der Waals surface area contributed by atoms with Crippen LogP contribution in [0.25, 0.3) is 0 Å². The van der Waals surface area contributed by atoms with Gasteiger partial charge in [0.15, 0.2) is 0 Å². The van der Waals surface area contributed by atoms with Crippen molar-refractivity contribution < 1.29 is 18.0 Å². The van der Waals surface area contributed by atoms with Crippen molar-refractivity contribution in [2.75, 3.05) is 18.0 Å². The molecule has 0 saturated carbocycles. The molecule has 0 aliphatic carbocycles. The third kappa shape index (κ3) is 5.81. The fourth-order valence-electron chi connectivity index (χ4n) is 1.79. The molecule has 0 fully saturated rings. The first-order valence-electron chi connectivity index (χ1n) is 6.52. The molecule has 0 unspecified atom stereocenters. The zero-order chi connectivity index (χ0) is 16.9. The second-order valence-corrected chi connectivity index (χ2v) is 5.58. The molecule has 0 radical (unpaired) electrons. The van der Waals surface area contributed by atoms with Crippen molar-refractivity contribution in [1.29, 1.82) is 0 Å². The summed E-state index contributed by atoms with van der Waals surface area (Å²) in [7, 11) is 0. The summed E-state index contributed by atoms with van der Waals surface area (Å²) in [6.07, 6.45) is -4.47. The average Bonchev–Trinajstić information content (AvgIpc) is 2.89. The molecule has 6 nitrogen and oxygen atoms in total. The van der Waals surface area contributed by atoms with Crippen LogP contribution in [0.4, 0.5) is 19.1 Å². The Morgan fingerprint density at radius 2 is 2.00 bits per heavy atom. The number of anilines is 1. The van der Waals surface area contributed by atoms with E-state index in [0.717, 1.165) is 16.7 Å². The molecule has 0 spiro atoms. The predicted octanol–water partition coefficient (Wildman–Crippen LogP) is 2.07. The van der Waals surface area contributed by atoms with Gasteiger partial charge >= 0.3 is 6.18 Å². The van der Waals surface area contributed by atoms with Crippen LogP contribution in [0.15, 0.2) is 35.5 Å². The Morgan fingerprint density at radius 3 is 2.57 bits per heavy atom. The van der Waals surface area contributed by atoms with Gasteiger partial charge in [-0.15, -0.1) is 5.10 Å². The first-order valence-corrected chi connectivity index (χ1v) is 7.51. The van der Waals surface area contributed by atoms with Crippen molar-refractivity contribution in [2.24, 2.45) is 0 Å². The lowest BCUT2D eigenvalue weighted by Crippen LogP contribution is -2.39. The van der Waals surface area contributed by atoms with Crippen LogP contribution in [0.2, 0.25) is 0 Å². The van der Waals surface area contributed by atoms with Crippen molar-refractivity contribution in [3.63, 3.8) is 0 Å². The van der Waals surface area contributed by atoms with Gasteiger partial charge in [0, 0.05) is 6.54 Å². The molecule has 0 bridgehead atoms. The number of amides is 1. The van der Waals surface area contributed by atoms with Crippen LogP contribution < -0.4 is 5.73 Å². The number of nitrogens with one attached hydrogen (secondary N) is 1. The van der Waals surface area contributed by atoms with Crippen molar-refractivity contribution in [3.8, 4) is 0 Å². The Bertz CT molecular complexity index is 647. The molecule has 124 valence electrons. The quantitative estimate of drug-likeness (QED) is 0.783. The first kappa shape index (κ1) is 17.1. The number of hydrogen-bond donors (Lipinski definition) is 2. The van der Waals surface area contributed by atoms with E-state index >= 15 is 0 Å². The number of benzene rings is 1. The van der Waals surface area contributed by atoms with Crippen LogP contribution in [0.5, 0.6) is 0 Å². The standard InChI is InChI=1S/C13H14F3N5OS/c14-13(15,16)8-21(6-9-4-2-1-3-5-9)10(22)7-23-12-18-11(17)19-20-12/h1-5H,6-8H2,(H3,17,18,19,20). The molecule has 0 saturated heterocycles. The molecule has 10 heteroatoms. The zero-order valence-electron chi connectivity index (χ0n) is 11.9. The van der Waals surface area contributed by atoms with Crippen molar-refractivity contribution in [2.45, 2.75) is 17.9 Å². The lowest BCUT2D eigenvalue weighted by atomic mass is 10.2. The van der Waals surface area contributed by atoms with Crippen LogP contribution in [-0.2, 0) is 11.3 Å². The summed E-state index contributed by atoms with van der Waals surface area (Å²) in [5.41, 5.74) is 5.97. The fourth-order valence-corrected chi connectivity index (χ4v) is 2.50. The molecule has 3 N–H and O–H groups in total. The summed E-state index contributed by atoms with van der Waals surface area (Å²) < 4.78 is 38.1. The fraction of sp³-hybridized carbons (Fsp3) is 0.308. The van der Waals surface area contributed by atoms with Crippen LogP contribution in [0.3, 0.4) is 0 Å². The number of hydrogen-bond acceptors (Lipinski definition) is 5. The van der Waals surface area contributed by atoms with Gasteiger partial charge in [-0.3, -0.25) is 4.79 Å². The Morgan fingerprint density at radius 1 is 1.30 bits per heavy atom. The average molecular weight is 345 g/mol. The minimum absolute atomic E-state index is 0.0800. The summed E-state index contributed by atoms with van der Waals surface area (Å²) in [5.74, 6) is -0.781. The second kappa shape index (κ2) is 7.36. The lowest BCUT2D eigenvalue weighted by molar-refractivity contribution is -0.160. The monoisotopic (exact) mass is 345 g/mol. The van der Waals surface area contributed by atoms with E-state index in [9.17, 15) is 18.0 Å². The van der Waals surface area contributed by atoms with Gasteiger partial charge in [0.25, 0.3) is 0 Å². The van der Waals surface area contributed by atoms with Crippen molar-refractivity contribution in [1.82, 2.24) is 20.1 Å². The maximum Gasteiger partial charge on any atom is 0.406 e. The number of H-pyrrole nitrogens is 1. The summed E-state index contributed by atoms with van der Waals surface area (Å²) in [4.78, 5) is 16.7. The smallest absolute Gasteiger partial charge is 0.368 e. The molecule has 0 aliphatic rings. The number of nitrogens with zero attached hydrogens (tertiary/aromatic N) is 3. The minimum Gasteiger partial charge on any atom is -0.368 e. The van der Waals surface area contributed by atoms with Gasteiger partial charge in [-0.25, -0.2) is 5.10 Å². The molecule has 1 amide bonds. The molecule has 23 heavy (non-hydrogen) atoms. The molecule has 0 aliphatic heterocycles. The van der Waals surface area contributed by atoms with Gasteiger partial charge in [0.05, 0.1) is 5.75 Å². The Labute approximate surface area is 134 Å². The van der Waals surface area contributed by atoms with Gasteiger partial charge in [-0.05, 0) is 5.56 Å². The highest BCUT2D eigenvalue weighted by Crippen LogP contribution is 2.20. The maximum absolute atomic E-state index is 12.7. The Balaban J connectivity index is 2.01. The number of carbonyl (C=O) groups excluding carboxylic acids is 1. The van der Waals surface area contributed by atoms with Crippen molar-refractivity contribution >= 4 is 23.6 Å². The number of nitrogens with two attached hydrogens (primary N) is 1. The highest BCUT2D eigenvalue weighted by Gasteiger charge is 2.33. The molecule has 1 aromatic carbocycles. The third-order valence-electron chi connectivity index (χ3n) is 2.75. The van der Waals surface area contributed by atoms with Gasteiger partial charge < -0.3 is 10.6 Å². The number of rotatable bonds is 6. The van der Waals surface area contributed by atoms with E-state index < -0.39 is 18.6 Å². The highest BCUT2D eigenvalue weighted by atomic mass is 32.2. The SMILES string of the molecule is Nc1nc(SCC(=O)N(Cc2ccccc2)CC(F)(F)F)n[nH]1. The molecule has 2 rings (SSSR count). The summed E-state index contributed by atoms with van der Waals surface area (Å²) in [5, 5.41) is 6.32. The van der Waals surface area contributed by atoms with Crippen LogP contribution in [-0.4, -0.2) is 44.5 Å². The van der Waals surface area contributed by atoms with E-state index in [4.69, 9.17) is 5.73 Å². The van der Waals surface area contributed by atoms with E-state index in [-0.39, 0.29) is 23.4 Å². The van der Waals surface area contributed by atoms with Crippen molar-refractivity contribution in [3.05, 3.63) is 35.9 Å². The minimum atomic E-state index is -4.47. The number of thioether (sulfide) groups is 1. The van der Waals surface area contributed by atoms with Crippen LogP contribution in [0.1, 0.15) is 5.56 Å². The van der Waals surface area contributed by atoms with E-state index in [1.807, 2.05) is 0 Å². The molecular formula is C13H14F3N5OS. The topological polar surface area (TPSA) is 87.9 Å². The van der Waals surface area contributed by atoms with Crippen LogP contribution >= 0.6 is 11.8 Å². The van der Waals surface area contributed by atoms with E-state index in [1.54, 1.807) is 30.3 Å². The Kier molecular flexibility index (Phi) is 5.48. The maximum atomic E-state index is 12.7. The summed E-state index contributed by atoms with van der Waals surface area (Å²) in [6, 6.07) is 8.50. The number of nitrogen functional groups attached to an aromatic ring is 1. The number of carbonyl (C=O) groups is 1. The summed E-state index contributed by atoms with van der Waals surface area (Å²) in [6.45, 7) is -1.42. The summed E-state index contributed by atoms with van der Waals surface area (Å²) >= 11 is 0.922. The lowest BCUT2D eigenvalue weighted by Gasteiger charge is -2.23. The second-order valence-electron chi connectivity index (χ2n) is 4.64. The highest BCUT2D eigenvalue weighted by molar-refractivity contribution is 7.99. The molecule has 1 heterocycles. The Hall–Kier alpha value is -2.23. The number of aromatic amines is 1. The number of aromatic nitrogens is 3. The van der Waals surface area contributed by atoms with Crippen LogP contribution in [0, 0.1) is 0 Å². The van der Waals surface area contributed by atoms with Gasteiger partial charge in [0.2, 0.25) is 17.0 Å². The normalized spacial score (nSPS) is 11.4. The molecular weight excluding hydrogens is 331 g/mol. The molecule has 2 aromatic rings. The predicted molar refractivity (Wildman–Crippen MR) is 79.4 cm³/mol. The molecule has 1 aromatic heterocycles.